The number of benzene rings is 1. The van der Waals surface area contributed by atoms with E-state index in [0.717, 1.165) is 16.9 Å². The Balaban J connectivity index is 1.65. The maximum absolute atomic E-state index is 12.1. The normalized spacial score (nSPS) is 16.2. The van der Waals surface area contributed by atoms with Gasteiger partial charge in [0.1, 0.15) is 12.4 Å². The van der Waals surface area contributed by atoms with E-state index in [9.17, 15) is 9.59 Å². The number of rotatable bonds is 2. The zero-order chi connectivity index (χ0) is 16.4. The Hall–Kier alpha value is -2.83. The molecule has 7 nitrogen and oxygen atoms in total. The van der Waals surface area contributed by atoms with Gasteiger partial charge < -0.3 is 14.6 Å². The van der Waals surface area contributed by atoms with Crippen LogP contribution in [0.4, 0.5) is 10.6 Å². The number of hydrogen-bond donors (Lipinski definition) is 2. The second-order valence-electron chi connectivity index (χ2n) is 5.57. The van der Waals surface area contributed by atoms with Crippen molar-refractivity contribution >= 4 is 11.8 Å². The number of urea groups is 1. The highest BCUT2D eigenvalue weighted by Crippen LogP contribution is 2.28. The summed E-state index contributed by atoms with van der Waals surface area (Å²) in [6.07, 6.45) is 3.67. The number of aromatic nitrogens is 2. The monoisotopic (exact) mass is 314 g/mol. The molecule has 0 fully saturated rings. The van der Waals surface area contributed by atoms with Gasteiger partial charge in [0.05, 0.1) is 6.04 Å². The van der Waals surface area contributed by atoms with Crippen molar-refractivity contribution in [3.05, 3.63) is 52.1 Å². The zero-order valence-electron chi connectivity index (χ0n) is 13.0. The van der Waals surface area contributed by atoms with Crippen LogP contribution in [0, 0.1) is 6.92 Å². The van der Waals surface area contributed by atoms with E-state index in [2.05, 4.69) is 15.6 Å². The number of nitrogens with one attached hydrogen (secondary N) is 2. The summed E-state index contributed by atoms with van der Waals surface area (Å²) in [6, 6.07) is 5.33. The maximum atomic E-state index is 12.1. The summed E-state index contributed by atoms with van der Waals surface area (Å²) in [6.45, 7) is 2.39. The summed E-state index contributed by atoms with van der Waals surface area (Å²) in [5.74, 6) is 0.894. The van der Waals surface area contributed by atoms with Gasteiger partial charge in [-0.05, 0) is 24.5 Å². The number of amides is 2. The van der Waals surface area contributed by atoms with Crippen molar-refractivity contribution in [2.45, 2.75) is 19.4 Å². The van der Waals surface area contributed by atoms with Gasteiger partial charge in [0.15, 0.2) is 0 Å². The maximum Gasteiger partial charge on any atom is 0.320 e. The van der Waals surface area contributed by atoms with E-state index in [1.807, 2.05) is 25.1 Å². The second-order valence-corrected chi connectivity index (χ2v) is 5.57. The van der Waals surface area contributed by atoms with Crippen LogP contribution in [0.3, 0.4) is 0 Å². The number of fused-ring (bicyclic) bond motifs is 1. The molecule has 2 N–H and O–H groups in total. The Morgan fingerprint density at radius 1 is 1.43 bits per heavy atom. The molecule has 0 spiro atoms. The van der Waals surface area contributed by atoms with E-state index in [0.29, 0.717) is 13.0 Å². The van der Waals surface area contributed by atoms with E-state index in [1.165, 1.54) is 17.0 Å². The molecule has 2 aromatic rings. The summed E-state index contributed by atoms with van der Waals surface area (Å²) in [4.78, 5) is 27.8. The van der Waals surface area contributed by atoms with Crippen LogP contribution in [0.15, 0.2) is 35.4 Å². The van der Waals surface area contributed by atoms with Crippen LogP contribution in [-0.2, 0) is 13.5 Å². The van der Waals surface area contributed by atoms with Crippen LogP contribution in [-0.4, -0.2) is 28.2 Å². The molecular formula is C16H18N4O3. The van der Waals surface area contributed by atoms with Crippen LogP contribution in [0.2, 0.25) is 0 Å². The highest BCUT2D eigenvalue weighted by atomic mass is 16.5. The van der Waals surface area contributed by atoms with Crippen molar-refractivity contribution in [3.8, 4) is 5.75 Å². The molecular weight excluding hydrogens is 296 g/mol. The quantitative estimate of drug-likeness (QED) is 0.872. The lowest BCUT2D eigenvalue weighted by Crippen LogP contribution is -2.45. The van der Waals surface area contributed by atoms with E-state index in [1.54, 1.807) is 7.05 Å². The molecule has 3 rings (SSSR count). The molecule has 1 aliphatic rings. The molecule has 7 heteroatoms. The molecule has 1 aromatic heterocycles. The first-order chi connectivity index (χ1) is 11.0. The molecule has 0 saturated carbocycles. The Kier molecular flexibility index (Phi) is 4.01. The lowest BCUT2D eigenvalue weighted by atomic mass is 10.0. The fourth-order valence-electron chi connectivity index (χ4n) is 2.59. The summed E-state index contributed by atoms with van der Waals surface area (Å²) >= 11 is 0. The molecule has 2 heterocycles. The standard InChI is InChI=1S/C16H18N4O3/c1-10-4-3-5-11-8-12(9-23-13(10)11)18-16(22)19-14-15(21)20(2)7-6-17-14/h3-7,12H,8-9H2,1-2H3,(H2,17,18,19,22)/t12-/m0/s1. The van der Waals surface area contributed by atoms with Crippen molar-refractivity contribution in [3.63, 3.8) is 0 Å². The third-order valence-corrected chi connectivity index (χ3v) is 3.77. The number of aryl methyl sites for hydroxylation is 2. The number of carbonyl (C=O) groups excluding carboxylic acids is 1. The van der Waals surface area contributed by atoms with Gasteiger partial charge in [0.25, 0.3) is 5.56 Å². The Morgan fingerprint density at radius 3 is 3.09 bits per heavy atom. The highest BCUT2D eigenvalue weighted by Gasteiger charge is 2.22. The first kappa shape index (κ1) is 15.1. The first-order valence-corrected chi connectivity index (χ1v) is 7.35. The van der Waals surface area contributed by atoms with Gasteiger partial charge in [0, 0.05) is 19.4 Å². The Bertz CT molecular complexity index is 800. The van der Waals surface area contributed by atoms with Gasteiger partial charge in [-0.15, -0.1) is 0 Å². The highest BCUT2D eigenvalue weighted by molar-refractivity contribution is 5.88. The summed E-state index contributed by atoms with van der Waals surface area (Å²) in [7, 11) is 1.60. The fraction of sp³-hybridized carbons (Fsp3) is 0.312. The van der Waals surface area contributed by atoms with E-state index < -0.39 is 6.03 Å². The minimum atomic E-state index is -0.467. The molecule has 120 valence electrons. The minimum absolute atomic E-state index is 0.000437. The van der Waals surface area contributed by atoms with E-state index in [-0.39, 0.29) is 17.4 Å². The van der Waals surface area contributed by atoms with Crippen molar-refractivity contribution in [1.29, 1.82) is 0 Å². The predicted octanol–water partition coefficient (Wildman–Crippen LogP) is 1.21. The Labute approximate surface area is 133 Å². The SMILES string of the molecule is Cc1cccc2c1OC[C@@H](NC(=O)Nc1nccn(C)c1=O)C2. The lowest BCUT2D eigenvalue weighted by Gasteiger charge is -2.27. The van der Waals surface area contributed by atoms with Gasteiger partial charge in [-0.1, -0.05) is 18.2 Å². The van der Waals surface area contributed by atoms with Crippen LogP contribution in [0.25, 0.3) is 0 Å². The average molecular weight is 314 g/mol. The lowest BCUT2D eigenvalue weighted by molar-refractivity contribution is 0.222. The molecule has 1 aromatic carbocycles. The van der Waals surface area contributed by atoms with Gasteiger partial charge in [0.2, 0.25) is 5.82 Å². The molecule has 1 atom stereocenters. The van der Waals surface area contributed by atoms with E-state index in [4.69, 9.17) is 4.74 Å². The third-order valence-electron chi connectivity index (χ3n) is 3.77. The van der Waals surface area contributed by atoms with Crippen LogP contribution >= 0.6 is 0 Å². The summed E-state index contributed by atoms with van der Waals surface area (Å²) < 4.78 is 7.09. The van der Waals surface area contributed by atoms with Crippen molar-refractivity contribution in [2.24, 2.45) is 7.05 Å². The molecule has 0 saturated heterocycles. The van der Waals surface area contributed by atoms with Crippen molar-refractivity contribution < 1.29 is 9.53 Å². The molecule has 0 radical (unpaired) electrons. The molecule has 0 aliphatic carbocycles. The molecule has 0 unspecified atom stereocenters. The first-order valence-electron chi connectivity index (χ1n) is 7.35. The summed E-state index contributed by atoms with van der Waals surface area (Å²) in [5, 5.41) is 5.29. The topological polar surface area (TPSA) is 85.2 Å². The van der Waals surface area contributed by atoms with Crippen molar-refractivity contribution in [1.82, 2.24) is 14.9 Å². The van der Waals surface area contributed by atoms with Crippen LogP contribution in [0.1, 0.15) is 11.1 Å². The fourth-order valence-corrected chi connectivity index (χ4v) is 2.59. The molecule has 2 amide bonds. The molecule has 0 bridgehead atoms. The van der Waals surface area contributed by atoms with Crippen LogP contribution in [0.5, 0.6) is 5.75 Å². The van der Waals surface area contributed by atoms with E-state index >= 15 is 0 Å². The zero-order valence-corrected chi connectivity index (χ0v) is 13.0. The summed E-state index contributed by atoms with van der Waals surface area (Å²) in [5.41, 5.74) is 1.79. The van der Waals surface area contributed by atoms with Gasteiger partial charge in [-0.3, -0.25) is 10.1 Å². The van der Waals surface area contributed by atoms with Crippen LogP contribution < -0.4 is 20.9 Å². The molecule has 1 aliphatic heterocycles. The second kappa shape index (κ2) is 6.12. The largest absolute Gasteiger partial charge is 0.491 e. The van der Waals surface area contributed by atoms with Gasteiger partial charge in [-0.25, -0.2) is 9.78 Å². The third kappa shape index (κ3) is 3.18. The smallest absolute Gasteiger partial charge is 0.320 e. The molecule has 23 heavy (non-hydrogen) atoms. The number of hydrogen-bond acceptors (Lipinski definition) is 4. The number of anilines is 1. The number of carbonyl (C=O) groups is 1. The van der Waals surface area contributed by atoms with Gasteiger partial charge in [-0.2, -0.15) is 0 Å². The number of ether oxygens (including phenoxy) is 1. The number of nitrogens with zero attached hydrogens (tertiary/aromatic N) is 2. The van der Waals surface area contributed by atoms with Crippen molar-refractivity contribution in [2.75, 3.05) is 11.9 Å². The number of para-hydroxylation sites is 1. The predicted molar refractivity (Wildman–Crippen MR) is 85.8 cm³/mol. The Morgan fingerprint density at radius 2 is 2.26 bits per heavy atom. The average Bonchev–Trinajstić information content (AvgIpc) is 2.52. The minimum Gasteiger partial charge on any atom is -0.491 e. The van der Waals surface area contributed by atoms with Gasteiger partial charge >= 0.3 is 6.03 Å².